The van der Waals surface area contributed by atoms with Crippen molar-refractivity contribution in [3.63, 3.8) is 0 Å². The summed E-state index contributed by atoms with van der Waals surface area (Å²) in [6.07, 6.45) is 2.93. The van der Waals surface area contributed by atoms with Crippen LogP contribution in [-0.4, -0.2) is 38.7 Å². The van der Waals surface area contributed by atoms with Gasteiger partial charge in [0.25, 0.3) is 0 Å². The maximum absolute atomic E-state index is 14.0. The average molecular weight is 304 g/mol. The first-order chi connectivity index (χ1) is 10.6. The molecule has 7 nitrogen and oxygen atoms in total. The molecule has 1 aliphatic rings. The van der Waals surface area contributed by atoms with Gasteiger partial charge in [0.2, 0.25) is 5.91 Å². The average Bonchev–Trinajstić information content (AvgIpc) is 2.96. The maximum Gasteiger partial charge on any atom is 0.241 e. The van der Waals surface area contributed by atoms with Crippen LogP contribution in [0.15, 0.2) is 18.2 Å². The fourth-order valence-corrected chi connectivity index (χ4v) is 2.51. The van der Waals surface area contributed by atoms with Crippen LogP contribution in [0, 0.1) is 12.7 Å². The van der Waals surface area contributed by atoms with Gasteiger partial charge in [-0.25, -0.2) is 4.39 Å². The van der Waals surface area contributed by atoms with Crippen molar-refractivity contribution >= 4 is 11.6 Å². The molecule has 0 radical (unpaired) electrons. The molecule has 2 N–H and O–H groups in total. The molecule has 1 fully saturated rings. The Kier molecular flexibility index (Phi) is 4.10. The van der Waals surface area contributed by atoms with Gasteiger partial charge in [-0.15, -0.1) is 5.10 Å². The summed E-state index contributed by atoms with van der Waals surface area (Å²) in [5.74, 6) is -0.0915. The largest absolute Gasteiger partial charge is 0.325 e. The van der Waals surface area contributed by atoms with Gasteiger partial charge in [-0.2, -0.15) is 4.68 Å². The lowest BCUT2D eigenvalue weighted by Crippen LogP contribution is -2.43. The van der Waals surface area contributed by atoms with E-state index in [9.17, 15) is 9.18 Å². The van der Waals surface area contributed by atoms with Gasteiger partial charge in [0.1, 0.15) is 11.5 Å². The molecular formula is C14H17FN6O. The molecule has 22 heavy (non-hydrogen) atoms. The van der Waals surface area contributed by atoms with Crippen LogP contribution >= 0.6 is 0 Å². The number of hydrogen-bond acceptors (Lipinski definition) is 5. The Bertz CT molecular complexity index is 680. The number of benzene rings is 1. The summed E-state index contributed by atoms with van der Waals surface area (Å²) >= 11 is 0. The summed E-state index contributed by atoms with van der Waals surface area (Å²) < 4.78 is 15.3. The molecule has 0 bridgehead atoms. The summed E-state index contributed by atoms with van der Waals surface area (Å²) in [5.41, 5.74) is 0.723. The van der Waals surface area contributed by atoms with Gasteiger partial charge in [-0.1, -0.05) is 6.42 Å². The first-order valence-electron chi connectivity index (χ1n) is 7.24. The number of tetrazole rings is 1. The van der Waals surface area contributed by atoms with Crippen molar-refractivity contribution in [2.45, 2.75) is 32.2 Å². The molecule has 1 aromatic heterocycles. The molecule has 1 unspecified atom stereocenters. The van der Waals surface area contributed by atoms with Gasteiger partial charge in [-0.05, 0) is 54.9 Å². The summed E-state index contributed by atoms with van der Waals surface area (Å²) in [7, 11) is 0. The Balaban J connectivity index is 1.80. The lowest BCUT2D eigenvalue weighted by Gasteiger charge is -2.22. The number of piperidine rings is 1. The zero-order valence-corrected chi connectivity index (χ0v) is 12.2. The molecular weight excluding hydrogens is 287 g/mol. The van der Waals surface area contributed by atoms with Crippen molar-refractivity contribution < 1.29 is 9.18 Å². The third-order valence-corrected chi connectivity index (χ3v) is 3.69. The highest BCUT2D eigenvalue weighted by Gasteiger charge is 2.21. The molecule has 0 saturated carbocycles. The molecule has 0 aliphatic carbocycles. The zero-order chi connectivity index (χ0) is 15.5. The lowest BCUT2D eigenvalue weighted by atomic mass is 10.0. The minimum Gasteiger partial charge on any atom is -0.325 e. The number of anilines is 1. The predicted octanol–water partition coefficient (Wildman–Crippen LogP) is 1.19. The summed E-state index contributed by atoms with van der Waals surface area (Å²) in [6, 6.07) is 4.15. The highest BCUT2D eigenvalue weighted by atomic mass is 19.1. The topological polar surface area (TPSA) is 84.7 Å². The van der Waals surface area contributed by atoms with E-state index in [0.29, 0.717) is 11.5 Å². The van der Waals surface area contributed by atoms with Gasteiger partial charge in [-0.3, -0.25) is 4.79 Å². The number of hydrogen-bond donors (Lipinski definition) is 2. The Hall–Kier alpha value is -2.35. The van der Waals surface area contributed by atoms with Crippen LogP contribution in [0.2, 0.25) is 0 Å². The first kappa shape index (κ1) is 14.6. The first-order valence-corrected chi connectivity index (χ1v) is 7.24. The molecule has 1 aliphatic heterocycles. The van der Waals surface area contributed by atoms with Crippen molar-refractivity contribution in [2.75, 3.05) is 11.9 Å². The maximum atomic E-state index is 14.0. The normalized spacial score (nSPS) is 18.2. The predicted molar refractivity (Wildman–Crippen MR) is 78.1 cm³/mol. The van der Waals surface area contributed by atoms with Crippen LogP contribution in [0.5, 0.6) is 0 Å². The van der Waals surface area contributed by atoms with Crippen LogP contribution in [0.1, 0.15) is 25.1 Å². The smallest absolute Gasteiger partial charge is 0.241 e. The molecule has 116 valence electrons. The highest BCUT2D eigenvalue weighted by molar-refractivity contribution is 5.95. The number of halogens is 1. The number of aryl methyl sites for hydroxylation is 1. The Morgan fingerprint density at radius 2 is 2.32 bits per heavy atom. The van der Waals surface area contributed by atoms with Crippen LogP contribution < -0.4 is 10.6 Å². The second kappa shape index (κ2) is 6.18. The van der Waals surface area contributed by atoms with Crippen LogP contribution in [0.4, 0.5) is 10.1 Å². The summed E-state index contributed by atoms with van der Waals surface area (Å²) in [5, 5.41) is 17.0. The minimum atomic E-state index is -0.454. The number of nitrogens with zero attached hydrogens (tertiary/aromatic N) is 4. The number of carbonyl (C=O) groups excluding carboxylic acids is 1. The number of carbonyl (C=O) groups is 1. The molecule has 3 rings (SSSR count). The molecule has 1 saturated heterocycles. The molecule has 1 amide bonds. The SMILES string of the molecule is Cc1nnnn1-c1cc(NC(=O)C2CCCCN2)ccc1F. The molecule has 1 aromatic carbocycles. The van der Waals surface area contributed by atoms with E-state index in [1.807, 2.05) is 0 Å². The quantitative estimate of drug-likeness (QED) is 0.890. The van der Waals surface area contributed by atoms with E-state index in [1.165, 1.54) is 22.9 Å². The van der Waals surface area contributed by atoms with Crippen molar-refractivity contribution in [3.8, 4) is 5.69 Å². The van der Waals surface area contributed by atoms with Crippen LogP contribution in [0.3, 0.4) is 0 Å². The summed E-state index contributed by atoms with van der Waals surface area (Å²) in [6.45, 7) is 2.52. The monoisotopic (exact) mass is 304 g/mol. The Labute approximate surface area is 126 Å². The molecule has 2 heterocycles. The van der Waals surface area contributed by atoms with Gasteiger partial charge in [0.15, 0.2) is 5.82 Å². The summed E-state index contributed by atoms with van der Waals surface area (Å²) in [4.78, 5) is 12.2. The van der Waals surface area contributed by atoms with Gasteiger partial charge in [0.05, 0.1) is 6.04 Å². The molecule has 2 aromatic rings. The van der Waals surface area contributed by atoms with Crippen molar-refractivity contribution in [1.29, 1.82) is 0 Å². The number of rotatable bonds is 3. The van der Waals surface area contributed by atoms with Crippen LogP contribution in [-0.2, 0) is 4.79 Å². The minimum absolute atomic E-state index is 0.106. The highest BCUT2D eigenvalue weighted by Crippen LogP contribution is 2.19. The third kappa shape index (κ3) is 2.96. The molecule has 1 atom stereocenters. The molecule has 0 spiro atoms. The number of nitrogens with one attached hydrogen (secondary N) is 2. The molecule has 8 heteroatoms. The fraction of sp³-hybridized carbons (Fsp3) is 0.429. The standard InChI is InChI=1S/C14H17FN6O/c1-9-18-19-20-21(9)13-8-10(5-6-11(13)15)17-14(22)12-4-2-3-7-16-12/h5-6,8,12,16H,2-4,7H2,1H3,(H,17,22). The van der Waals surface area contributed by atoms with Gasteiger partial charge < -0.3 is 10.6 Å². The lowest BCUT2D eigenvalue weighted by molar-refractivity contribution is -0.118. The van der Waals surface area contributed by atoms with Crippen molar-refractivity contribution in [3.05, 3.63) is 29.8 Å². The van der Waals surface area contributed by atoms with Crippen LogP contribution in [0.25, 0.3) is 5.69 Å². The van der Waals surface area contributed by atoms with E-state index in [1.54, 1.807) is 6.92 Å². The third-order valence-electron chi connectivity index (χ3n) is 3.69. The van der Waals surface area contributed by atoms with Crippen molar-refractivity contribution in [1.82, 2.24) is 25.5 Å². The van der Waals surface area contributed by atoms with E-state index in [4.69, 9.17) is 0 Å². The van der Waals surface area contributed by atoms with Gasteiger partial charge >= 0.3 is 0 Å². The van der Waals surface area contributed by atoms with E-state index in [-0.39, 0.29) is 17.6 Å². The second-order valence-electron chi connectivity index (χ2n) is 5.30. The number of aromatic nitrogens is 4. The zero-order valence-electron chi connectivity index (χ0n) is 12.2. The number of amides is 1. The Morgan fingerprint density at radius 1 is 1.45 bits per heavy atom. The van der Waals surface area contributed by atoms with Gasteiger partial charge in [0, 0.05) is 5.69 Å². The van der Waals surface area contributed by atoms with E-state index in [2.05, 4.69) is 26.2 Å². The van der Waals surface area contributed by atoms with E-state index >= 15 is 0 Å². The fourth-order valence-electron chi connectivity index (χ4n) is 2.51. The second-order valence-corrected chi connectivity index (χ2v) is 5.30. The van der Waals surface area contributed by atoms with E-state index < -0.39 is 5.82 Å². The van der Waals surface area contributed by atoms with E-state index in [0.717, 1.165) is 25.8 Å². The van der Waals surface area contributed by atoms with Crippen molar-refractivity contribution in [2.24, 2.45) is 0 Å². The Morgan fingerprint density at radius 3 is 3.00 bits per heavy atom.